The van der Waals surface area contributed by atoms with Crippen molar-refractivity contribution in [2.75, 3.05) is 41.9 Å². The third-order valence-corrected chi connectivity index (χ3v) is 5.78. The Morgan fingerprint density at radius 1 is 1.20 bits per heavy atom. The van der Waals surface area contributed by atoms with Gasteiger partial charge in [-0.1, -0.05) is 0 Å². The van der Waals surface area contributed by atoms with Gasteiger partial charge in [-0.05, 0) is 43.3 Å². The molecule has 130 valence electrons. The summed E-state index contributed by atoms with van der Waals surface area (Å²) in [5.41, 5.74) is 3.14. The second-order valence-electron chi connectivity index (χ2n) is 5.67. The van der Waals surface area contributed by atoms with Gasteiger partial charge in [-0.25, -0.2) is 9.97 Å². The summed E-state index contributed by atoms with van der Waals surface area (Å²) in [5, 5.41) is 4.53. The van der Waals surface area contributed by atoms with Crippen LogP contribution in [-0.4, -0.2) is 46.6 Å². The molecule has 4 rings (SSSR count). The zero-order chi connectivity index (χ0) is 17.1. The van der Waals surface area contributed by atoms with E-state index >= 15 is 0 Å². The average molecular weight is 373 g/mol. The molecule has 25 heavy (non-hydrogen) atoms. The summed E-state index contributed by atoms with van der Waals surface area (Å²) >= 11 is 3.63. The quantitative estimate of drug-likeness (QED) is 0.592. The third-order valence-electron chi connectivity index (χ3n) is 4.15. The molecule has 0 saturated carbocycles. The maximum atomic E-state index is 4.45. The summed E-state index contributed by atoms with van der Waals surface area (Å²) in [7, 11) is 1.93. The highest BCUT2D eigenvalue weighted by atomic mass is 32.2. The van der Waals surface area contributed by atoms with E-state index in [-0.39, 0.29) is 0 Å². The lowest BCUT2D eigenvalue weighted by Gasteiger charge is -2.30. The van der Waals surface area contributed by atoms with E-state index in [1.807, 2.05) is 31.1 Å². The minimum Gasteiger partial charge on any atom is -0.368 e. The average Bonchev–Trinajstić information content (AvgIpc) is 3.13. The Labute approximate surface area is 155 Å². The molecule has 1 fully saturated rings. The van der Waals surface area contributed by atoms with E-state index in [1.54, 1.807) is 18.3 Å². The lowest BCUT2D eigenvalue weighted by molar-refractivity contribution is 0.859. The highest BCUT2D eigenvalue weighted by Gasteiger charge is 2.16. The van der Waals surface area contributed by atoms with E-state index in [0.29, 0.717) is 0 Å². The van der Waals surface area contributed by atoms with Gasteiger partial charge in [0.05, 0.1) is 16.8 Å². The molecule has 0 amide bonds. The number of fused-ring (bicyclic) bond motifs is 1. The Kier molecular flexibility index (Phi) is 5.00. The van der Waals surface area contributed by atoms with Crippen molar-refractivity contribution >= 4 is 51.9 Å². The second-order valence-corrected chi connectivity index (χ2v) is 7.98. The van der Waals surface area contributed by atoms with Crippen molar-refractivity contribution in [1.82, 2.24) is 19.7 Å². The summed E-state index contributed by atoms with van der Waals surface area (Å²) in [5.74, 6) is 3.16. The molecular weight excluding hydrogens is 352 g/mol. The fourth-order valence-corrected chi connectivity index (χ4v) is 4.43. The lowest BCUT2D eigenvalue weighted by Crippen LogP contribution is -2.32. The number of anilines is 3. The number of nitrogens with one attached hydrogen (secondary N) is 3. The van der Waals surface area contributed by atoms with Gasteiger partial charge in [-0.2, -0.15) is 11.8 Å². The molecule has 0 bridgehead atoms. The molecule has 0 aliphatic carbocycles. The van der Waals surface area contributed by atoms with Gasteiger partial charge < -0.3 is 15.2 Å². The smallest absolute Gasteiger partial charge is 0.143 e. The Hall–Kier alpha value is -1.90. The number of nitrogens with zero attached hydrogens (tertiary/aromatic N) is 3. The Bertz CT molecular complexity index is 859. The van der Waals surface area contributed by atoms with Crippen molar-refractivity contribution in [3.63, 3.8) is 0 Å². The van der Waals surface area contributed by atoms with E-state index < -0.39 is 0 Å². The maximum absolute atomic E-state index is 4.45. The predicted molar refractivity (Wildman–Crippen MR) is 108 cm³/mol. The van der Waals surface area contributed by atoms with E-state index in [0.717, 1.165) is 35.6 Å². The normalized spacial score (nSPS) is 14.8. The fourth-order valence-electron chi connectivity index (χ4n) is 2.98. The molecule has 2 aromatic heterocycles. The molecule has 1 saturated heterocycles. The molecule has 8 heteroatoms. The highest BCUT2D eigenvalue weighted by molar-refractivity contribution is 7.99. The Morgan fingerprint density at radius 3 is 2.92 bits per heavy atom. The van der Waals surface area contributed by atoms with Crippen LogP contribution in [0.4, 0.5) is 17.2 Å². The van der Waals surface area contributed by atoms with Gasteiger partial charge in [0, 0.05) is 35.7 Å². The fraction of sp³-hybridized carbons (Fsp3) is 0.294. The number of thioether (sulfide) groups is 1. The number of hydrogen-bond donors (Lipinski definition) is 3. The lowest BCUT2D eigenvalue weighted by atomic mass is 10.2. The van der Waals surface area contributed by atoms with E-state index in [4.69, 9.17) is 0 Å². The molecular formula is C17H20N6S2. The summed E-state index contributed by atoms with van der Waals surface area (Å²) in [4.78, 5) is 15.5. The van der Waals surface area contributed by atoms with Gasteiger partial charge >= 0.3 is 0 Å². The summed E-state index contributed by atoms with van der Waals surface area (Å²) < 4.78 is 3.14. The van der Waals surface area contributed by atoms with Crippen molar-refractivity contribution in [1.29, 1.82) is 0 Å². The summed E-state index contributed by atoms with van der Waals surface area (Å²) in [6.07, 6.45) is 3.48. The first-order valence-corrected chi connectivity index (χ1v) is 10.2. The predicted octanol–water partition coefficient (Wildman–Crippen LogP) is 3.48. The van der Waals surface area contributed by atoms with Crippen LogP contribution in [0.5, 0.6) is 0 Å². The number of aromatic amines is 1. The summed E-state index contributed by atoms with van der Waals surface area (Å²) in [6.45, 7) is 2.14. The Balaban J connectivity index is 1.72. The standard InChI is InChI=1S/C17H20N6S2/c1-18-25-12-2-3-15(23-6-8-24-9-7-23)14(10-12)22-17-13-4-5-19-16(13)20-11-21-17/h2-5,10-11,18H,6-9H2,1H3,(H2,19,20,21,22). The minimum atomic E-state index is 0.825. The molecule has 1 aliphatic heterocycles. The van der Waals surface area contributed by atoms with Crippen LogP contribution in [0.3, 0.4) is 0 Å². The zero-order valence-corrected chi connectivity index (χ0v) is 15.6. The molecule has 3 aromatic rings. The van der Waals surface area contributed by atoms with Crippen molar-refractivity contribution in [3.8, 4) is 0 Å². The van der Waals surface area contributed by atoms with Crippen molar-refractivity contribution in [2.45, 2.75) is 4.90 Å². The monoisotopic (exact) mass is 372 g/mol. The molecule has 3 heterocycles. The van der Waals surface area contributed by atoms with Gasteiger partial charge in [0.15, 0.2) is 0 Å². The first-order valence-electron chi connectivity index (χ1n) is 8.20. The van der Waals surface area contributed by atoms with Crippen LogP contribution in [0.2, 0.25) is 0 Å². The summed E-state index contributed by atoms with van der Waals surface area (Å²) in [6, 6.07) is 8.54. The van der Waals surface area contributed by atoms with Crippen molar-refractivity contribution in [2.24, 2.45) is 0 Å². The first-order chi connectivity index (χ1) is 12.3. The van der Waals surface area contributed by atoms with Crippen LogP contribution >= 0.6 is 23.7 Å². The highest BCUT2D eigenvalue weighted by Crippen LogP contribution is 2.34. The maximum Gasteiger partial charge on any atom is 0.143 e. The largest absolute Gasteiger partial charge is 0.368 e. The zero-order valence-electron chi connectivity index (χ0n) is 14.0. The van der Waals surface area contributed by atoms with Crippen LogP contribution in [-0.2, 0) is 0 Å². The topological polar surface area (TPSA) is 68.9 Å². The van der Waals surface area contributed by atoms with E-state index in [1.165, 1.54) is 22.1 Å². The third kappa shape index (κ3) is 3.56. The van der Waals surface area contributed by atoms with E-state index in [2.05, 4.69) is 48.1 Å². The van der Waals surface area contributed by atoms with Crippen LogP contribution in [0.15, 0.2) is 41.7 Å². The number of hydrogen-bond acceptors (Lipinski definition) is 7. The van der Waals surface area contributed by atoms with Crippen LogP contribution in [0.25, 0.3) is 11.0 Å². The molecule has 0 atom stereocenters. The molecule has 0 spiro atoms. The van der Waals surface area contributed by atoms with Gasteiger partial charge in [-0.15, -0.1) is 0 Å². The van der Waals surface area contributed by atoms with Crippen molar-refractivity contribution < 1.29 is 0 Å². The van der Waals surface area contributed by atoms with Crippen LogP contribution in [0, 0.1) is 0 Å². The van der Waals surface area contributed by atoms with Gasteiger partial charge in [0.1, 0.15) is 17.8 Å². The number of benzene rings is 1. The van der Waals surface area contributed by atoms with Crippen LogP contribution in [0.1, 0.15) is 0 Å². The van der Waals surface area contributed by atoms with Gasteiger partial charge in [0.25, 0.3) is 0 Å². The molecule has 1 aliphatic rings. The molecule has 1 aromatic carbocycles. The van der Waals surface area contributed by atoms with Gasteiger partial charge in [0.2, 0.25) is 0 Å². The van der Waals surface area contributed by atoms with Crippen LogP contribution < -0.4 is 14.9 Å². The molecule has 6 nitrogen and oxygen atoms in total. The molecule has 3 N–H and O–H groups in total. The second kappa shape index (κ2) is 7.55. The SMILES string of the molecule is CNSc1ccc(N2CCSCC2)c(Nc2ncnc3[nH]ccc23)c1. The minimum absolute atomic E-state index is 0.825. The molecule has 0 radical (unpaired) electrons. The van der Waals surface area contributed by atoms with E-state index in [9.17, 15) is 0 Å². The van der Waals surface area contributed by atoms with Crippen molar-refractivity contribution in [3.05, 3.63) is 36.8 Å². The number of rotatable bonds is 5. The number of H-pyrrole nitrogens is 1. The van der Waals surface area contributed by atoms with Gasteiger partial charge in [-0.3, -0.25) is 4.72 Å². The molecule has 0 unspecified atom stereocenters. The Morgan fingerprint density at radius 2 is 2.08 bits per heavy atom. The number of aromatic nitrogens is 3. The first kappa shape index (κ1) is 16.6.